The molecule has 27 heavy (non-hydrogen) atoms. The van der Waals surface area contributed by atoms with E-state index >= 15 is 0 Å². The minimum Gasteiger partial charge on any atom is -0.507 e. The van der Waals surface area contributed by atoms with Crippen LogP contribution in [-0.2, 0) is 20.4 Å². The maximum atomic E-state index is 11.8. The molecule has 0 unspecified atom stereocenters. The Kier molecular flexibility index (Phi) is 4.67. The van der Waals surface area contributed by atoms with E-state index in [1.165, 1.54) is 18.2 Å². The molecule has 1 aliphatic carbocycles. The molecule has 0 saturated carbocycles. The quantitative estimate of drug-likeness (QED) is 0.570. The number of methoxy groups -OCH3 is 1. The molecule has 3 heteroatoms. The molecule has 0 atom stereocenters. The van der Waals surface area contributed by atoms with Crippen LogP contribution in [0.1, 0.15) is 57.2 Å². The lowest BCUT2D eigenvalue weighted by Crippen LogP contribution is -2.33. The predicted molar refractivity (Wildman–Crippen MR) is 110 cm³/mol. The molecule has 2 aromatic carbocycles. The fraction of sp³-hybridized carbons (Fsp3) is 0.375. The van der Waals surface area contributed by atoms with Gasteiger partial charge < -0.3 is 9.84 Å². The highest BCUT2D eigenvalue weighted by Crippen LogP contribution is 2.49. The average Bonchev–Trinajstić information content (AvgIpc) is 2.64. The molecule has 142 valence electrons. The Labute approximate surface area is 161 Å². The Morgan fingerprint density at radius 3 is 2.22 bits per heavy atom. The number of ether oxygens (including phenoxy) is 1. The number of fused-ring (bicyclic) bond motifs is 1. The van der Waals surface area contributed by atoms with Gasteiger partial charge in [-0.1, -0.05) is 52.5 Å². The lowest BCUT2D eigenvalue weighted by Gasteiger charge is -2.42. The zero-order chi connectivity index (χ0) is 20.0. The summed E-state index contributed by atoms with van der Waals surface area (Å²) in [6.45, 7) is 12.8. The summed E-state index contributed by atoms with van der Waals surface area (Å²) < 4.78 is 4.77. The number of aromatic hydroxyl groups is 1. The first-order valence-corrected chi connectivity index (χ1v) is 9.33. The molecule has 0 aliphatic heterocycles. The van der Waals surface area contributed by atoms with Gasteiger partial charge in [-0.25, -0.2) is 4.79 Å². The Morgan fingerprint density at radius 1 is 1.04 bits per heavy atom. The molecule has 1 N–H and O–H groups in total. The van der Waals surface area contributed by atoms with Gasteiger partial charge in [0.25, 0.3) is 0 Å². The van der Waals surface area contributed by atoms with Crippen molar-refractivity contribution in [2.45, 2.75) is 51.4 Å². The third kappa shape index (κ3) is 3.39. The minimum atomic E-state index is -0.454. The molecule has 2 aromatic rings. The summed E-state index contributed by atoms with van der Waals surface area (Å²) in [5.74, 6) is -0.190. The molecule has 3 nitrogen and oxygen atoms in total. The van der Waals surface area contributed by atoms with Crippen LogP contribution >= 0.6 is 0 Å². The number of benzene rings is 2. The molecule has 3 rings (SSSR count). The highest BCUT2D eigenvalue weighted by atomic mass is 16.5. The van der Waals surface area contributed by atoms with Gasteiger partial charge in [0.05, 0.1) is 12.7 Å². The monoisotopic (exact) mass is 364 g/mol. The van der Waals surface area contributed by atoms with Crippen LogP contribution in [0.5, 0.6) is 5.75 Å². The lowest BCUT2D eigenvalue weighted by atomic mass is 9.62. The number of esters is 1. The number of carbonyl (C=O) groups excluding carboxylic acids is 1. The highest BCUT2D eigenvalue weighted by molar-refractivity contribution is 6.15. The summed E-state index contributed by atoms with van der Waals surface area (Å²) in [6.07, 6.45) is 2.20. The van der Waals surface area contributed by atoms with Crippen molar-refractivity contribution in [3.8, 4) is 16.9 Å². The zero-order valence-electron chi connectivity index (χ0n) is 16.8. The van der Waals surface area contributed by atoms with E-state index in [4.69, 9.17) is 4.74 Å². The topological polar surface area (TPSA) is 46.5 Å². The highest BCUT2D eigenvalue weighted by Gasteiger charge is 2.37. The van der Waals surface area contributed by atoms with Gasteiger partial charge in [-0.3, -0.25) is 0 Å². The van der Waals surface area contributed by atoms with Gasteiger partial charge in [0, 0.05) is 5.56 Å². The van der Waals surface area contributed by atoms with Crippen molar-refractivity contribution in [2.75, 3.05) is 7.11 Å². The molecule has 1 aliphatic rings. The number of carbonyl (C=O) groups is 1. The molecule has 0 saturated heterocycles. The summed E-state index contributed by atoms with van der Waals surface area (Å²) in [4.78, 5) is 11.8. The van der Waals surface area contributed by atoms with Crippen LogP contribution in [0.2, 0.25) is 0 Å². The van der Waals surface area contributed by atoms with Crippen molar-refractivity contribution in [3.63, 3.8) is 0 Å². The van der Waals surface area contributed by atoms with Gasteiger partial charge >= 0.3 is 5.97 Å². The van der Waals surface area contributed by atoms with Gasteiger partial charge in [-0.05, 0) is 64.1 Å². The number of hydrogen-bond donors (Lipinski definition) is 1. The number of hydrogen-bond acceptors (Lipinski definition) is 3. The summed E-state index contributed by atoms with van der Waals surface area (Å²) in [5, 5.41) is 10.8. The summed E-state index contributed by atoms with van der Waals surface area (Å²) in [6, 6.07) is 11.6. The van der Waals surface area contributed by atoms with Crippen LogP contribution in [0, 0.1) is 0 Å². The van der Waals surface area contributed by atoms with Crippen molar-refractivity contribution in [1.82, 2.24) is 0 Å². The average molecular weight is 364 g/mol. The van der Waals surface area contributed by atoms with E-state index in [-0.39, 0.29) is 16.6 Å². The second-order valence-electron chi connectivity index (χ2n) is 8.73. The molecule has 0 fully saturated rings. The molecule has 0 spiro atoms. The minimum absolute atomic E-state index is 0.0435. The van der Waals surface area contributed by atoms with Crippen LogP contribution in [0.3, 0.4) is 0 Å². The molecule has 0 heterocycles. The maximum Gasteiger partial charge on any atom is 0.337 e. The Bertz CT molecular complexity index is 919. The van der Waals surface area contributed by atoms with E-state index in [0.29, 0.717) is 11.1 Å². The summed E-state index contributed by atoms with van der Waals surface area (Å²) >= 11 is 0. The second-order valence-corrected chi connectivity index (χ2v) is 8.73. The van der Waals surface area contributed by atoms with Gasteiger partial charge in [-0.15, -0.1) is 0 Å². The van der Waals surface area contributed by atoms with Crippen molar-refractivity contribution >= 4 is 11.5 Å². The van der Waals surface area contributed by atoms with E-state index in [0.717, 1.165) is 24.0 Å². The first-order valence-electron chi connectivity index (χ1n) is 9.33. The number of phenols is 1. The van der Waals surface area contributed by atoms with Crippen LogP contribution in [0.25, 0.3) is 16.7 Å². The smallest absolute Gasteiger partial charge is 0.337 e. The molecule has 0 aromatic heterocycles. The number of phenolic OH excluding ortho intramolecular Hbond substituents is 1. The number of rotatable bonds is 3. The van der Waals surface area contributed by atoms with E-state index in [2.05, 4.69) is 40.3 Å². The SMILES string of the molecule is C=C(C(=O)OC)c1cccc(-c2cc3c(cc2O)C(C)(C)CCC3(C)C)c1. The first kappa shape index (κ1) is 19.2. The second kappa shape index (κ2) is 6.56. The van der Waals surface area contributed by atoms with Gasteiger partial charge in [-0.2, -0.15) is 0 Å². The maximum absolute atomic E-state index is 11.8. The van der Waals surface area contributed by atoms with E-state index in [1.54, 1.807) is 0 Å². The Balaban J connectivity index is 2.14. The Hall–Kier alpha value is -2.55. The first-order chi connectivity index (χ1) is 12.6. The summed E-state index contributed by atoms with van der Waals surface area (Å²) in [5.41, 5.74) is 5.23. The van der Waals surface area contributed by atoms with E-state index in [9.17, 15) is 9.90 Å². The fourth-order valence-electron chi connectivity index (χ4n) is 3.95. The molecule has 0 bridgehead atoms. The van der Waals surface area contributed by atoms with Crippen molar-refractivity contribution in [1.29, 1.82) is 0 Å². The third-order valence-corrected chi connectivity index (χ3v) is 5.92. The van der Waals surface area contributed by atoms with Crippen molar-refractivity contribution < 1.29 is 14.6 Å². The predicted octanol–water partition coefficient (Wildman–Crippen LogP) is 5.59. The van der Waals surface area contributed by atoms with Crippen LogP contribution in [0.4, 0.5) is 0 Å². The Morgan fingerprint density at radius 2 is 1.63 bits per heavy atom. The zero-order valence-corrected chi connectivity index (χ0v) is 16.8. The third-order valence-electron chi connectivity index (χ3n) is 5.92. The molecule has 0 amide bonds. The molecule has 0 radical (unpaired) electrons. The van der Waals surface area contributed by atoms with Gasteiger partial charge in [0.2, 0.25) is 0 Å². The lowest BCUT2D eigenvalue weighted by molar-refractivity contribution is -0.133. The van der Waals surface area contributed by atoms with Gasteiger partial charge in [0.1, 0.15) is 5.75 Å². The van der Waals surface area contributed by atoms with Crippen molar-refractivity contribution in [3.05, 3.63) is 59.7 Å². The van der Waals surface area contributed by atoms with Gasteiger partial charge in [0.15, 0.2) is 0 Å². The van der Waals surface area contributed by atoms with Crippen LogP contribution in [0.15, 0.2) is 43.0 Å². The fourth-order valence-corrected chi connectivity index (χ4v) is 3.95. The van der Waals surface area contributed by atoms with Crippen molar-refractivity contribution in [2.24, 2.45) is 0 Å². The largest absolute Gasteiger partial charge is 0.507 e. The van der Waals surface area contributed by atoms with Crippen LogP contribution in [-0.4, -0.2) is 18.2 Å². The molecular formula is C24H28O3. The summed E-state index contributed by atoms with van der Waals surface area (Å²) in [7, 11) is 1.34. The standard InChI is InChI=1S/C24H28O3/c1-15(22(26)27-6)16-8-7-9-17(12-16)18-13-19-20(14-21(18)25)24(4,5)11-10-23(19,2)3/h7-9,12-14,25H,1,10-11H2,2-6H3. The molecular weight excluding hydrogens is 336 g/mol. The normalized spacial score (nSPS) is 17.1. The van der Waals surface area contributed by atoms with E-state index in [1.807, 2.05) is 30.3 Å². The van der Waals surface area contributed by atoms with E-state index < -0.39 is 5.97 Å². The van der Waals surface area contributed by atoms with Crippen LogP contribution < -0.4 is 0 Å².